The summed E-state index contributed by atoms with van der Waals surface area (Å²) in [6.07, 6.45) is 0.833. The lowest BCUT2D eigenvalue weighted by Gasteiger charge is -2.06. The predicted octanol–water partition coefficient (Wildman–Crippen LogP) is 1.27. The molecule has 6 heteroatoms. The molecule has 0 aliphatic heterocycles. The summed E-state index contributed by atoms with van der Waals surface area (Å²) in [4.78, 5) is 23.0. The van der Waals surface area contributed by atoms with E-state index in [2.05, 4.69) is 5.32 Å². The van der Waals surface area contributed by atoms with Gasteiger partial charge in [-0.2, -0.15) is 5.26 Å². The minimum absolute atomic E-state index is 0.185. The Bertz CT molecular complexity index is 491. The monoisotopic (exact) mass is 276 g/mol. The van der Waals surface area contributed by atoms with Gasteiger partial charge in [-0.25, -0.2) is 0 Å². The van der Waals surface area contributed by atoms with Gasteiger partial charge in [0.1, 0.15) is 12.3 Å². The van der Waals surface area contributed by atoms with E-state index >= 15 is 0 Å². The maximum absolute atomic E-state index is 11.7. The molecule has 1 amide bonds. The van der Waals surface area contributed by atoms with Gasteiger partial charge in [-0.3, -0.25) is 9.59 Å². The molecular weight excluding hydrogens is 260 g/mol. The minimum Gasteiger partial charge on any atom is -0.497 e. The Kier molecular flexibility index (Phi) is 6.62. The molecule has 0 heterocycles. The summed E-state index contributed by atoms with van der Waals surface area (Å²) < 4.78 is 9.82. The molecule has 0 fully saturated rings. The summed E-state index contributed by atoms with van der Waals surface area (Å²) >= 11 is 0. The molecular formula is C14H16N2O4. The van der Waals surface area contributed by atoms with Gasteiger partial charge < -0.3 is 14.8 Å². The maximum Gasteiger partial charge on any atom is 0.325 e. The van der Waals surface area contributed by atoms with Gasteiger partial charge in [0.15, 0.2) is 0 Å². The van der Waals surface area contributed by atoms with Crippen molar-refractivity contribution in [3.63, 3.8) is 0 Å². The highest BCUT2D eigenvalue weighted by atomic mass is 16.5. The topological polar surface area (TPSA) is 88.4 Å². The van der Waals surface area contributed by atoms with Crippen LogP contribution in [0.3, 0.4) is 0 Å². The molecule has 1 rings (SSSR count). The number of amides is 1. The van der Waals surface area contributed by atoms with E-state index in [4.69, 9.17) is 14.7 Å². The van der Waals surface area contributed by atoms with Crippen LogP contribution in [0.2, 0.25) is 0 Å². The van der Waals surface area contributed by atoms with Crippen LogP contribution in [-0.4, -0.2) is 32.1 Å². The van der Waals surface area contributed by atoms with Gasteiger partial charge in [0, 0.05) is 12.0 Å². The minimum atomic E-state index is -0.523. The quantitative estimate of drug-likeness (QED) is 0.598. The van der Waals surface area contributed by atoms with Crippen molar-refractivity contribution in [1.29, 1.82) is 5.26 Å². The molecule has 0 unspecified atom stereocenters. The second-order valence-electron chi connectivity index (χ2n) is 3.89. The van der Waals surface area contributed by atoms with Gasteiger partial charge in [-0.1, -0.05) is 0 Å². The highest BCUT2D eigenvalue weighted by molar-refractivity contribution is 5.95. The number of rotatable bonds is 7. The van der Waals surface area contributed by atoms with E-state index in [0.29, 0.717) is 24.2 Å². The first-order valence-corrected chi connectivity index (χ1v) is 6.12. The first-order valence-electron chi connectivity index (χ1n) is 6.12. The standard InChI is InChI=1S/C14H16N2O4/c1-19-12-6-4-11(5-7-12)14(18)16-10-13(17)20-9-3-2-8-15/h4-7H,2-3,9-10H2,1H3,(H,16,18). The van der Waals surface area contributed by atoms with Crippen LogP contribution in [0, 0.1) is 11.3 Å². The number of esters is 1. The molecule has 106 valence electrons. The normalized spacial score (nSPS) is 9.40. The number of carbonyl (C=O) groups excluding carboxylic acids is 2. The molecule has 1 N–H and O–H groups in total. The molecule has 0 aromatic heterocycles. The van der Waals surface area contributed by atoms with Crippen LogP contribution < -0.4 is 10.1 Å². The van der Waals surface area contributed by atoms with Crippen LogP contribution in [0.15, 0.2) is 24.3 Å². The fourth-order valence-corrected chi connectivity index (χ4v) is 1.39. The van der Waals surface area contributed by atoms with Crippen LogP contribution in [0.25, 0.3) is 0 Å². The number of carbonyl (C=O) groups is 2. The Morgan fingerprint density at radius 2 is 2.00 bits per heavy atom. The van der Waals surface area contributed by atoms with Crippen molar-refractivity contribution in [3.05, 3.63) is 29.8 Å². The molecule has 0 atom stereocenters. The average molecular weight is 276 g/mol. The summed E-state index contributed by atoms with van der Waals surface area (Å²) in [7, 11) is 1.54. The molecule has 0 aliphatic carbocycles. The zero-order valence-electron chi connectivity index (χ0n) is 11.2. The van der Waals surface area contributed by atoms with E-state index in [-0.39, 0.29) is 19.1 Å². The van der Waals surface area contributed by atoms with E-state index in [9.17, 15) is 9.59 Å². The predicted molar refractivity (Wildman–Crippen MR) is 71.1 cm³/mol. The number of nitrogens with one attached hydrogen (secondary N) is 1. The second kappa shape index (κ2) is 8.53. The summed E-state index contributed by atoms with van der Waals surface area (Å²) in [6, 6.07) is 8.48. The molecule has 1 aromatic carbocycles. The van der Waals surface area contributed by atoms with Gasteiger partial charge in [0.05, 0.1) is 19.8 Å². The van der Waals surface area contributed by atoms with Crippen molar-refractivity contribution in [2.45, 2.75) is 12.8 Å². The van der Waals surface area contributed by atoms with Crippen LogP contribution in [0.5, 0.6) is 5.75 Å². The van der Waals surface area contributed by atoms with Crippen molar-refractivity contribution in [2.75, 3.05) is 20.3 Å². The number of nitrogens with zero attached hydrogens (tertiary/aromatic N) is 1. The summed E-state index contributed by atoms with van der Waals surface area (Å²) in [5, 5.41) is 10.8. The number of hydrogen-bond donors (Lipinski definition) is 1. The van der Waals surface area contributed by atoms with Gasteiger partial charge in [0.25, 0.3) is 5.91 Å². The summed E-state index contributed by atoms with van der Waals surface area (Å²) in [6.45, 7) is -0.0117. The van der Waals surface area contributed by atoms with Gasteiger partial charge in [-0.15, -0.1) is 0 Å². The molecule has 0 saturated carbocycles. The lowest BCUT2D eigenvalue weighted by atomic mass is 10.2. The zero-order valence-corrected chi connectivity index (χ0v) is 11.2. The second-order valence-corrected chi connectivity index (χ2v) is 3.89. The lowest BCUT2D eigenvalue weighted by Crippen LogP contribution is -2.30. The van der Waals surface area contributed by atoms with E-state index < -0.39 is 5.97 Å². The number of ether oxygens (including phenoxy) is 2. The van der Waals surface area contributed by atoms with Gasteiger partial charge in [0.2, 0.25) is 0 Å². The smallest absolute Gasteiger partial charge is 0.325 e. The zero-order chi connectivity index (χ0) is 14.8. The Labute approximate surface area is 117 Å². The van der Waals surface area contributed by atoms with Crippen molar-refractivity contribution in [3.8, 4) is 11.8 Å². The Balaban J connectivity index is 2.31. The third-order valence-corrected chi connectivity index (χ3v) is 2.44. The third kappa shape index (κ3) is 5.40. The number of unbranched alkanes of at least 4 members (excludes halogenated alkanes) is 1. The summed E-state index contributed by atoms with van der Waals surface area (Å²) in [5.41, 5.74) is 0.433. The van der Waals surface area contributed by atoms with Gasteiger partial charge in [-0.05, 0) is 30.7 Å². The molecule has 0 spiro atoms. The highest BCUT2D eigenvalue weighted by Crippen LogP contribution is 2.10. The SMILES string of the molecule is COc1ccc(C(=O)NCC(=O)OCCCC#N)cc1. The highest BCUT2D eigenvalue weighted by Gasteiger charge is 2.08. The Morgan fingerprint density at radius 3 is 2.60 bits per heavy atom. The molecule has 0 saturated heterocycles. The fourth-order valence-electron chi connectivity index (χ4n) is 1.39. The van der Waals surface area contributed by atoms with Crippen molar-refractivity contribution in [1.82, 2.24) is 5.32 Å². The molecule has 6 nitrogen and oxygen atoms in total. The molecule has 20 heavy (non-hydrogen) atoms. The molecule has 1 aromatic rings. The Hall–Kier alpha value is -2.55. The number of benzene rings is 1. The Morgan fingerprint density at radius 1 is 1.30 bits per heavy atom. The van der Waals surface area contributed by atoms with E-state index in [1.165, 1.54) is 7.11 Å². The van der Waals surface area contributed by atoms with Crippen LogP contribution in [-0.2, 0) is 9.53 Å². The largest absolute Gasteiger partial charge is 0.497 e. The van der Waals surface area contributed by atoms with Crippen LogP contribution in [0.4, 0.5) is 0 Å². The van der Waals surface area contributed by atoms with Crippen LogP contribution >= 0.6 is 0 Å². The first-order chi connectivity index (χ1) is 9.67. The third-order valence-electron chi connectivity index (χ3n) is 2.44. The van der Waals surface area contributed by atoms with Crippen LogP contribution in [0.1, 0.15) is 23.2 Å². The number of nitriles is 1. The molecule has 0 radical (unpaired) electrons. The first kappa shape index (κ1) is 15.5. The lowest BCUT2D eigenvalue weighted by molar-refractivity contribution is -0.142. The fraction of sp³-hybridized carbons (Fsp3) is 0.357. The van der Waals surface area contributed by atoms with Crippen molar-refractivity contribution >= 4 is 11.9 Å². The number of methoxy groups -OCH3 is 1. The average Bonchev–Trinajstić information content (AvgIpc) is 2.49. The molecule has 0 bridgehead atoms. The number of hydrogen-bond acceptors (Lipinski definition) is 5. The van der Waals surface area contributed by atoms with E-state index in [0.717, 1.165) is 0 Å². The molecule has 0 aliphatic rings. The van der Waals surface area contributed by atoms with Gasteiger partial charge >= 0.3 is 5.97 Å². The maximum atomic E-state index is 11.7. The summed E-state index contributed by atoms with van der Waals surface area (Å²) in [5.74, 6) is -0.232. The van der Waals surface area contributed by atoms with Crippen molar-refractivity contribution < 1.29 is 19.1 Å². The van der Waals surface area contributed by atoms with Crippen molar-refractivity contribution in [2.24, 2.45) is 0 Å². The van der Waals surface area contributed by atoms with E-state index in [1.807, 2.05) is 6.07 Å². The van der Waals surface area contributed by atoms with E-state index in [1.54, 1.807) is 24.3 Å².